The summed E-state index contributed by atoms with van der Waals surface area (Å²) in [6.45, 7) is 3.54. The van der Waals surface area contributed by atoms with Crippen LogP contribution < -0.4 is 0 Å². The van der Waals surface area contributed by atoms with Crippen molar-refractivity contribution in [1.82, 2.24) is 0 Å². The minimum atomic E-state index is 0.118. The summed E-state index contributed by atoms with van der Waals surface area (Å²) in [7, 11) is 0. The Morgan fingerprint density at radius 3 is 2.93 bits per heavy atom. The molecule has 0 aliphatic heterocycles. The van der Waals surface area contributed by atoms with Gasteiger partial charge in [0.2, 0.25) is 0 Å². The lowest BCUT2D eigenvalue weighted by molar-refractivity contribution is -0.109. The largest absolute Gasteiger partial charge is 0.508 e. The molecule has 0 bridgehead atoms. The molecule has 0 saturated carbocycles. The SMILES string of the molecule is CC(=O)SCC=Cc1cc(O)ccc1C. The molecular weight excluding hydrogens is 208 g/mol. The molecule has 0 unspecified atom stereocenters. The lowest BCUT2D eigenvalue weighted by Gasteiger charge is -2.00. The Morgan fingerprint density at radius 2 is 2.27 bits per heavy atom. The zero-order chi connectivity index (χ0) is 11.3. The number of carbonyl (C=O) groups excluding carboxylic acids is 1. The maximum atomic E-state index is 10.7. The van der Waals surface area contributed by atoms with Crippen LogP contribution in [0.1, 0.15) is 18.1 Å². The van der Waals surface area contributed by atoms with Gasteiger partial charge in [0.05, 0.1) is 0 Å². The predicted molar refractivity (Wildman–Crippen MR) is 65.0 cm³/mol. The minimum absolute atomic E-state index is 0.118. The van der Waals surface area contributed by atoms with Crippen molar-refractivity contribution in [3.8, 4) is 5.75 Å². The first-order valence-electron chi connectivity index (χ1n) is 4.69. The Kier molecular flexibility index (Phi) is 4.43. The van der Waals surface area contributed by atoms with Gasteiger partial charge in [0.1, 0.15) is 5.75 Å². The number of thioether (sulfide) groups is 1. The van der Waals surface area contributed by atoms with E-state index in [1.165, 1.54) is 11.8 Å². The van der Waals surface area contributed by atoms with Gasteiger partial charge in [-0.05, 0) is 30.2 Å². The van der Waals surface area contributed by atoms with Gasteiger partial charge in [0, 0.05) is 12.7 Å². The second-order valence-electron chi connectivity index (χ2n) is 3.25. The van der Waals surface area contributed by atoms with E-state index in [-0.39, 0.29) is 10.9 Å². The van der Waals surface area contributed by atoms with Crippen LogP contribution in [0.25, 0.3) is 6.08 Å². The molecule has 0 amide bonds. The molecule has 2 nitrogen and oxygen atoms in total. The number of aryl methyl sites for hydroxylation is 1. The summed E-state index contributed by atoms with van der Waals surface area (Å²) in [5.74, 6) is 0.934. The lowest BCUT2D eigenvalue weighted by atomic mass is 10.1. The van der Waals surface area contributed by atoms with Gasteiger partial charge in [-0.2, -0.15) is 0 Å². The van der Waals surface area contributed by atoms with Crippen LogP contribution in [-0.2, 0) is 4.79 Å². The fourth-order valence-corrected chi connectivity index (χ4v) is 1.58. The highest BCUT2D eigenvalue weighted by Gasteiger charge is 1.95. The van der Waals surface area contributed by atoms with Crippen LogP contribution in [0.2, 0.25) is 0 Å². The van der Waals surface area contributed by atoms with Crippen molar-refractivity contribution in [2.45, 2.75) is 13.8 Å². The summed E-state index contributed by atoms with van der Waals surface area (Å²) >= 11 is 1.27. The van der Waals surface area contributed by atoms with Crippen molar-refractivity contribution < 1.29 is 9.90 Å². The van der Waals surface area contributed by atoms with Crippen molar-refractivity contribution in [2.75, 3.05) is 5.75 Å². The van der Waals surface area contributed by atoms with Crippen LogP contribution in [0, 0.1) is 6.92 Å². The monoisotopic (exact) mass is 222 g/mol. The Bertz CT molecular complexity index is 383. The first-order valence-corrected chi connectivity index (χ1v) is 5.67. The third-order valence-corrected chi connectivity index (χ3v) is 2.71. The second-order valence-corrected chi connectivity index (χ2v) is 4.44. The molecule has 0 aliphatic rings. The summed E-state index contributed by atoms with van der Waals surface area (Å²) in [5.41, 5.74) is 2.09. The van der Waals surface area contributed by atoms with Gasteiger partial charge in [0.15, 0.2) is 5.12 Å². The number of phenolic OH excluding ortho intramolecular Hbond substituents is 1. The highest BCUT2D eigenvalue weighted by atomic mass is 32.2. The molecular formula is C12H14O2S. The molecule has 1 N–H and O–H groups in total. The van der Waals surface area contributed by atoms with E-state index in [0.717, 1.165) is 11.1 Å². The maximum absolute atomic E-state index is 10.7. The summed E-state index contributed by atoms with van der Waals surface area (Å²) in [6.07, 6.45) is 3.85. The zero-order valence-electron chi connectivity index (χ0n) is 8.86. The second kappa shape index (κ2) is 5.61. The summed E-state index contributed by atoms with van der Waals surface area (Å²) in [5, 5.41) is 9.41. The molecule has 0 saturated heterocycles. The number of benzene rings is 1. The molecule has 0 heterocycles. The fraction of sp³-hybridized carbons (Fsp3) is 0.250. The molecule has 80 valence electrons. The van der Waals surface area contributed by atoms with E-state index in [2.05, 4.69) is 0 Å². The van der Waals surface area contributed by atoms with Crippen LogP contribution in [-0.4, -0.2) is 16.0 Å². The molecule has 1 rings (SSSR count). The van der Waals surface area contributed by atoms with Crippen LogP contribution >= 0.6 is 11.8 Å². The van der Waals surface area contributed by atoms with E-state index in [9.17, 15) is 9.90 Å². The van der Waals surface area contributed by atoms with E-state index in [4.69, 9.17) is 0 Å². The normalized spacial score (nSPS) is 10.8. The Hall–Kier alpha value is -1.22. The number of aromatic hydroxyl groups is 1. The maximum Gasteiger partial charge on any atom is 0.186 e. The molecule has 0 radical (unpaired) electrons. The third kappa shape index (κ3) is 4.21. The number of rotatable bonds is 3. The number of hydrogen-bond donors (Lipinski definition) is 1. The average molecular weight is 222 g/mol. The molecule has 15 heavy (non-hydrogen) atoms. The van der Waals surface area contributed by atoms with Gasteiger partial charge in [0.25, 0.3) is 0 Å². The fourth-order valence-electron chi connectivity index (χ4n) is 1.15. The lowest BCUT2D eigenvalue weighted by Crippen LogP contribution is -1.83. The van der Waals surface area contributed by atoms with Gasteiger partial charge >= 0.3 is 0 Å². The Morgan fingerprint density at radius 1 is 1.53 bits per heavy atom. The molecule has 0 atom stereocenters. The van der Waals surface area contributed by atoms with Crippen molar-refractivity contribution in [1.29, 1.82) is 0 Å². The van der Waals surface area contributed by atoms with Crippen molar-refractivity contribution in [3.05, 3.63) is 35.4 Å². The highest BCUT2D eigenvalue weighted by Crippen LogP contribution is 2.17. The van der Waals surface area contributed by atoms with E-state index < -0.39 is 0 Å². The van der Waals surface area contributed by atoms with E-state index >= 15 is 0 Å². The van der Waals surface area contributed by atoms with E-state index in [1.807, 2.05) is 25.1 Å². The standard InChI is InChI=1S/C12H14O2S/c1-9-5-6-12(14)8-11(9)4-3-7-15-10(2)13/h3-6,8,14H,7H2,1-2H3. The van der Waals surface area contributed by atoms with E-state index in [0.29, 0.717) is 5.75 Å². The summed E-state index contributed by atoms with van der Waals surface area (Å²) in [6, 6.07) is 5.24. The third-order valence-electron chi connectivity index (χ3n) is 1.94. The first kappa shape index (κ1) is 11.9. The zero-order valence-corrected chi connectivity index (χ0v) is 9.67. The molecule has 0 spiro atoms. The van der Waals surface area contributed by atoms with Gasteiger partial charge in [-0.15, -0.1) is 0 Å². The van der Waals surface area contributed by atoms with Crippen LogP contribution in [0.4, 0.5) is 0 Å². The molecule has 0 fully saturated rings. The van der Waals surface area contributed by atoms with Crippen molar-refractivity contribution >= 4 is 23.0 Å². The number of hydrogen-bond acceptors (Lipinski definition) is 3. The number of phenols is 1. The van der Waals surface area contributed by atoms with Gasteiger partial charge in [-0.25, -0.2) is 0 Å². The van der Waals surface area contributed by atoms with Gasteiger partial charge < -0.3 is 5.11 Å². The van der Waals surface area contributed by atoms with Gasteiger partial charge in [-0.1, -0.05) is 30.0 Å². The van der Waals surface area contributed by atoms with Crippen molar-refractivity contribution in [3.63, 3.8) is 0 Å². The molecule has 1 aromatic carbocycles. The summed E-state index contributed by atoms with van der Waals surface area (Å²) < 4.78 is 0. The highest BCUT2D eigenvalue weighted by molar-refractivity contribution is 8.13. The predicted octanol–water partition coefficient (Wildman–Crippen LogP) is 2.99. The van der Waals surface area contributed by atoms with Crippen LogP contribution in [0.5, 0.6) is 5.75 Å². The average Bonchev–Trinajstić information content (AvgIpc) is 2.17. The topological polar surface area (TPSA) is 37.3 Å². The Labute approximate surface area is 94.0 Å². The Balaban J connectivity index is 2.63. The molecule has 1 aromatic rings. The van der Waals surface area contributed by atoms with Gasteiger partial charge in [-0.3, -0.25) is 4.79 Å². The quantitative estimate of drug-likeness (QED) is 0.854. The summed E-state index contributed by atoms with van der Waals surface area (Å²) in [4.78, 5) is 10.7. The van der Waals surface area contributed by atoms with Crippen LogP contribution in [0.3, 0.4) is 0 Å². The minimum Gasteiger partial charge on any atom is -0.508 e. The van der Waals surface area contributed by atoms with Crippen LogP contribution in [0.15, 0.2) is 24.3 Å². The smallest absolute Gasteiger partial charge is 0.186 e. The first-order chi connectivity index (χ1) is 7.09. The number of carbonyl (C=O) groups is 1. The van der Waals surface area contributed by atoms with E-state index in [1.54, 1.807) is 19.1 Å². The molecule has 0 aromatic heterocycles. The van der Waals surface area contributed by atoms with Crippen molar-refractivity contribution in [2.24, 2.45) is 0 Å². The molecule has 3 heteroatoms. The molecule has 0 aliphatic carbocycles.